The molecular formula is C23H26FN5O3. The highest BCUT2D eigenvalue weighted by atomic mass is 19.1. The molecule has 0 bridgehead atoms. The summed E-state index contributed by atoms with van der Waals surface area (Å²) in [6.07, 6.45) is 7.04. The number of anilines is 1. The van der Waals surface area contributed by atoms with Crippen LogP contribution in [0.4, 0.5) is 10.1 Å². The van der Waals surface area contributed by atoms with E-state index in [1.807, 2.05) is 33.8 Å². The lowest BCUT2D eigenvalue weighted by molar-refractivity contribution is -0.143. The van der Waals surface area contributed by atoms with Crippen molar-refractivity contribution < 1.29 is 18.7 Å². The third-order valence-electron chi connectivity index (χ3n) is 5.51. The molecule has 8 nitrogen and oxygen atoms in total. The summed E-state index contributed by atoms with van der Waals surface area (Å²) in [5.41, 5.74) is 7.94. The summed E-state index contributed by atoms with van der Waals surface area (Å²) in [6, 6.07) is 9.11. The first-order valence-corrected chi connectivity index (χ1v) is 10.5. The maximum atomic E-state index is 15.0. The van der Waals surface area contributed by atoms with Crippen molar-refractivity contribution >= 4 is 23.1 Å². The molecule has 9 heteroatoms. The maximum absolute atomic E-state index is 15.0. The zero-order valence-corrected chi connectivity index (χ0v) is 17.7. The molecule has 168 valence electrons. The van der Waals surface area contributed by atoms with Crippen molar-refractivity contribution in [3.63, 3.8) is 0 Å². The number of fused-ring (bicyclic) bond motifs is 1. The number of amidine groups is 1. The van der Waals surface area contributed by atoms with Gasteiger partial charge in [-0.3, -0.25) is 10.2 Å². The van der Waals surface area contributed by atoms with Gasteiger partial charge in [0, 0.05) is 37.2 Å². The zero-order valence-electron chi connectivity index (χ0n) is 17.7. The Balaban J connectivity index is 1.29. The Hall–Kier alpha value is -3.46. The number of nitrogens with zero attached hydrogens (tertiary/aromatic N) is 3. The van der Waals surface area contributed by atoms with Crippen molar-refractivity contribution in [2.45, 2.75) is 38.6 Å². The number of carbonyl (C=O) groups excluding carboxylic acids is 1. The number of nitrogens with one attached hydrogen (secondary N) is 1. The lowest BCUT2D eigenvalue weighted by atomic mass is 10.1. The number of hydrogen-bond acceptors (Lipinski definition) is 6. The van der Waals surface area contributed by atoms with Crippen LogP contribution in [0.1, 0.15) is 30.4 Å². The molecule has 0 atom stereocenters. The molecule has 3 aromatic rings. The minimum Gasteiger partial charge on any atom is -0.460 e. The Bertz CT molecular complexity index is 1110. The van der Waals surface area contributed by atoms with Crippen LogP contribution in [0, 0.1) is 11.2 Å². The normalized spacial score (nSPS) is 14.6. The van der Waals surface area contributed by atoms with Gasteiger partial charge < -0.3 is 24.5 Å². The third kappa shape index (κ3) is 5.23. The third-order valence-corrected chi connectivity index (χ3v) is 5.51. The van der Waals surface area contributed by atoms with Gasteiger partial charge in [0.15, 0.2) is 5.82 Å². The highest BCUT2D eigenvalue weighted by molar-refractivity contribution is 5.94. The fraction of sp³-hybridized carbons (Fsp3) is 0.348. The van der Waals surface area contributed by atoms with Gasteiger partial charge in [-0.2, -0.15) is 0 Å². The largest absolute Gasteiger partial charge is 0.460 e. The Morgan fingerprint density at radius 2 is 2.03 bits per heavy atom. The fourth-order valence-electron chi connectivity index (χ4n) is 3.81. The molecule has 0 radical (unpaired) electrons. The van der Waals surface area contributed by atoms with Crippen molar-refractivity contribution in [2.75, 3.05) is 18.0 Å². The Labute approximate surface area is 185 Å². The van der Waals surface area contributed by atoms with Crippen LogP contribution in [0.5, 0.6) is 0 Å². The number of piperidine rings is 1. The van der Waals surface area contributed by atoms with E-state index in [1.165, 1.54) is 0 Å². The zero-order chi connectivity index (χ0) is 22.5. The number of nitrogens with two attached hydrogens (primary N) is 1. The second-order valence-corrected chi connectivity index (χ2v) is 7.84. The second-order valence-electron chi connectivity index (χ2n) is 7.84. The number of hydrogen-bond donors (Lipinski definition) is 2. The highest BCUT2D eigenvalue weighted by Gasteiger charge is 2.23. The van der Waals surface area contributed by atoms with Gasteiger partial charge in [-0.1, -0.05) is 12.1 Å². The topological polar surface area (TPSA) is 106 Å². The summed E-state index contributed by atoms with van der Waals surface area (Å²) in [4.78, 5) is 17.9. The predicted octanol–water partition coefficient (Wildman–Crippen LogP) is 3.03. The summed E-state index contributed by atoms with van der Waals surface area (Å²) in [6.45, 7) is 1.68. The van der Waals surface area contributed by atoms with Crippen LogP contribution in [0.25, 0.3) is 5.65 Å². The summed E-state index contributed by atoms with van der Waals surface area (Å²) < 4.78 is 28.1. The van der Waals surface area contributed by atoms with E-state index in [1.54, 1.807) is 24.4 Å². The van der Waals surface area contributed by atoms with Gasteiger partial charge in [-0.15, -0.1) is 0 Å². The van der Waals surface area contributed by atoms with Crippen LogP contribution in [-0.4, -0.2) is 40.4 Å². The van der Waals surface area contributed by atoms with Gasteiger partial charge in [0.2, 0.25) is 0 Å². The first-order chi connectivity index (χ1) is 15.5. The molecule has 1 aliphatic heterocycles. The average molecular weight is 439 g/mol. The average Bonchev–Trinajstić information content (AvgIpc) is 3.25. The monoisotopic (exact) mass is 439 g/mol. The van der Waals surface area contributed by atoms with Crippen molar-refractivity contribution in [1.29, 1.82) is 5.41 Å². The van der Waals surface area contributed by atoms with Crippen LogP contribution in [-0.2, 0) is 27.5 Å². The summed E-state index contributed by atoms with van der Waals surface area (Å²) in [5, 5.41) is 7.12. The number of halogens is 1. The minimum absolute atomic E-state index is 0.112. The van der Waals surface area contributed by atoms with E-state index >= 15 is 0 Å². The summed E-state index contributed by atoms with van der Waals surface area (Å²) in [5.74, 6) is -1.32. The molecule has 3 N–H and O–H groups in total. The van der Waals surface area contributed by atoms with E-state index in [0.29, 0.717) is 30.9 Å². The van der Waals surface area contributed by atoms with E-state index in [9.17, 15) is 9.18 Å². The highest BCUT2D eigenvalue weighted by Crippen LogP contribution is 2.27. The Morgan fingerprint density at radius 3 is 2.81 bits per heavy atom. The summed E-state index contributed by atoms with van der Waals surface area (Å²) in [7, 11) is 0. The van der Waals surface area contributed by atoms with Gasteiger partial charge in [0.25, 0.3) is 0 Å². The molecule has 0 spiro atoms. The molecule has 1 saturated heterocycles. The first kappa shape index (κ1) is 21.8. The van der Waals surface area contributed by atoms with Gasteiger partial charge in [-0.05, 0) is 36.6 Å². The van der Waals surface area contributed by atoms with Crippen molar-refractivity contribution in [2.24, 2.45) is 5.73 Å². The van der Waals surface area contributed by atoms with Gasteiger partial charge in [-0.25, -0.2) is 9.37 Å². The lowest BCUT2D eigenvalue weighted by Gasteiger charge is -2.34. The fourth-order valence-corrected chi connectivity index (χ4v) is 3.81. The number of carbonyl (C=O) groups is 1. The predicted molar refractivity (Wildman–Crippen MR) is 118 cm³/mol. The van der Waals surface area contributed by atoms with E-state index in [4.69, 9.17) is 20.6 Å². The molecule has 1 fully saturated rings. The molecule has 0 aliphatic carbocycles. The molecular weight excluding hydrogens is 413 g/mol. The molecule has 0 unspecified atom stereocenters. The number of imidazole rings is 1. The van der Waals surface area contributed by atoms with Gasteiger partial charge in [0.1, 0.15) is 24.5 Å². The first-order valence-electron chi connectivity index (χ1n) is 10.5. The maximum Gasteiger partial charge on any atom is 0.313 e. The van der Waals surface area contributed by atoms with Crippen LogP contribution in [0.15, 0.2) is 48.9 Å². The molecule has 1 aromatic carbocycles. The lowest BCUT2D eigenvalue weighted by Crippen LogP contribution is -2.37. The Kier molecular flexibility index (Phi) is 6.65. The SMILES string of the molecule is N=C(N)CC(=O)OCc1cccc(N2CCC(OCc3ccn4ccnc4c3)CC2)c1F. The van der Waals surface area contributed by atoms with Crippen molar-refractivity contribution in [3.05, 3.63) is 65.9 Å². The van der Waals surface area contributed by atoms with Gasteiger partial charge in [0.05, 0.1) is 18.4 Å². The van der Waals surface area contributed by atoms with Crippen LogP contribution < -0.4 is 10.6 Å². The molecule has 32 heavy (non-hydrogen) atoms. The molecule has 3 heterocycles. The minimum atomic E-state index is -0.646. The van der Waals surface area contributed by atoms with E-state index in [2.05, 4.69) is 4.98 Å². The molecule has 0 saturated carbocycles. The van der Waals surface area contributed by atoms with E-state index < -0.39 is 11.8 Å². The molecule has 4 rings (SSSR count). The number of rotatable bonds is 8. The van der Waals surface area contributed by atoms with E-state index in [-0.39, 0.29) is 25.0 Å². The summed E-state index contributed by atoms with van der Waals surface area (Å²) >= 11 is 0. The number of ether oxygens (including phenoxy) is 2. The number of esters is 1. The van der Waals surface area contributed by atoms with Crippen molar-refractivity contribution in [1.82, 2.24) is 9.38 Å². The molecule has 2 aromatic heterocycles. The quantitative estimate of drug-likeness (QED) is 0.318. The van der Waals surface area contributed by atoms with E-state index in [0.717, 1.165) is 24.1 Å². The number of benzene rings is 1. The second kappa shape index (κ2) is 9.78. The number of aromatic nitrogens is 2. The van der Waals surface area contributed by atoms with Gasteiger partial charge >= 0.3 is 5.97 Å². The smallest absolute Gasteiger partial charge is 0.313 e. The van der Waals surface area contributed by atoms with Crippen molar-refractivity contribution in [3.8, 4) is 0 Å². The molecule has 0 amide bonds. The van der Waals surface area contributed by atoms with Crippen LogP contribution in [0.2, 0.25) is 0 Å². The molecule has 1 aliphatic rings. The number of pyridine rings is 1. The standard InChI is InChI=1S/C23H26FN5O3/c24-23-17(15-32-22(30)13-20(25)26)2-1-3-19(23)28-9-5-18(6-10-28)31-14-16-4-8-29-11-7-27-21(29)12-16/h1-4,7-8,11-12,18H,5-6,9-10,13-15H2,(H3,25,26). The Morgan fingerprint density at radius 1 is 1.22 bits per heavy atom. The van der Waals surface area contributed by atoms with Crippen LogP contribution >= 0.6 is 0 Å². The van der Waals surface area contributed by atoms with Crippen LogP contribution in [0.3, 0.4) is 0 Å².